The number of hydrogen-bond acceptors (Lipinski definition) is 4. The van der Waals surface area contributed by atoms with E-state index >= 15 is 0 Å². The standard InChI is InChI=1S/C15H16N4O2/c1-2-17-14(20)10-5-3-6-11(9-10)19-15(21)13-12(16)7-4-8-18-13/h3-9H,2,16H2,1H3,(H,17,20)(H,19,21). The smallest absolute Gasteiger partial charge is 0.276 e. The number of benzene rings is 1. The van der Waals surface area contributed by atoms with Crippen LogP contribution in [0.2, 0.25) is 0 Å². The van der Waals surface area contributed by atoms with Gasteiger partial charge >= 0.3 is 0 Å². The Morgan fingerprint density at radius 3 is 2.71 bits per heavy atom. The Morgan fingerprint density at radius 1 is 1.19 bits per heavy atom. The maximum Gasteiger partial charge on any atom is 0.276 e. The lowest BCUT2D eigenvalue weighted by Gasteiger charge is -2.08. The zero-order valence-electron chi connectivity index (χ0n) is 11.6. The minimum Gasteiger partial charge on any atom is -0.397 e. The zero-order valence-corrected chi connectivity index (χ0v) is 11.6. The second-order valence-electron chi connectivity index (χ2n) is 4.34. The fourth-order valence-electron chi connectivity index (χ4n) is 1.80. The van der Waals surface area contributed by atoms with Crippen molar-refractivity contribution in [2.75, 3.05) is 17.6 Å². The largest absolute Gasteiger partial charge is 0.397 e. The number of carbonyl (C=O) groups is 2. The van der Waals surface area contributed by atoms with E-state index in [2.05, 4.69) is 15.6 Å². The first-order chi connectivity index (χ1) is 10.1. The van der Waals surface area contributed by atoms with Gasteiger partial charge in [0.1, 0.15) is 0 Å². The first kappa shape index (κ1) is 14.5. The van der Waals surface area contributed by atoms with E-state index in [1.54, 1.807) is 36.4 Å². The Bertz CT molecular complexity index is 670. The second-order valence-corrected chi connectivity index (χ2v) is 4.34. The fraction of sp³-hybridized carbons (Fsp3) is 0.133. The van der Waals surface area contributed by atoms with Crippen molar-refractivity contribution in [3.05, 3.63) is 53.9 Å². The first-order valence-corrected chi connectivity index (χ1v) is 6.52. The van der Waals surface area contributed by atoms with E-state index < -0.39 is 5.91 Å². The van der Waals surface area contributed by atoms with E-state index in [4.69, 9.17) is 5.73 Å². The molecular formula is C15H16N4O2. The highest BCUT2D eigenvalue weighted by molar-refractivity contribution is 6.06. The van der Waals surface area contributed by atoms with Gasteiger partial charge < -0.3 is 16.4 Å². The number of rotatable bonds is 4. The molecule has 6 heteroatoms. The molecule has 4 N–H and O–H groups in total. The van der Waals surface area contributed by atoms with Crippen molar-refractivity contribution in [2.45, 2.75) is 6.92 Å². The minimum atomic E-state index is -0.416. The van der Waals surface area contributed by atoms with E-state index in [1.807, 2.05) is 6.92 Å². The lowest BCUT2D eigenvalue weighted by Crippen LogP contribution is -2.23. The van der Waals surface area contributed by atoms with Crippen molar-refractivity contribution in [1.29, 1.82) is 0 Å². The lowest BCUT2D eigenvalue weighted by molar-refractivity contribution is 0.0954. The molecule has 2 aromatic rings. The summed E-state index contributed by atoms with van der Waals surface area (Å²) in [6.07, 6.45) is 1.50. The van der Waals surface area contributed by atoms with Gasteiger partial charge in [0.05, 0.1) is 5.69 Å². The molecule has 0 atom stereocenters. The van der Waals surface area contributed by atoms with Crippen molar-refractivity contribution < 1.29 is 9.59 Å². The molecule has 2 amide bonds. The maximum atomic E-state index is 12.1. The van der Waals surface area contributed by atoms with Gasteiger partial charge in [-0.2, -0.15) is 0 Å². The fourth-order valence-corrected chi connectivity index (χ4v) is 1.80. The molecule has 1 heterocycles. The number of anilines is 2. The average molecular weight is 284 g/mol. The van der Waals surface area contributed by atoms with Gasteiger partial charge in [0, 0.05) is 24.0 Å². The van der Waals surface area contributed by atoms with Crippen LogP contribution in [0.1, 0.15) is 27.8 Å². The summed E-state index contributed by atoms with van der Waals surface area (Å²) >= 11 is 0. The first-order valence-electron chi connectivity index (χ1n) is 6.52. The van der Waals surface area contributed by atoms with Crippen LogP contribution in [-0.2, 0) is 0 Å². The van der Waals surface area contributed by atoms with Gasteiger partial charge in [-0.3, -0.25) is 9.59 Å². The van der Waals surface area contributed by atoms with Crippen molar-refractivity contribution in [1.82, 2.24) is 10.3 Å². The summed E-state index contributed by atoms with van der Waals surface area (Å²) in [6, 6.07) is 9.92. The number of carbonyl (C=O) groups excluding carboxylic acids is 2. The molecular weight excluding hydrogens is 268 g/mol. The van der Waals surface area contributed by atoms with Gasteiger partial charge in [-0.25, -0.2) is 4.98 Å². The molecule has 0 bridgehead atoms. The third-order valence-electron chi connectivity index (χ3n) is 2.77. The van der Waals surface area contributed by atoms with Gasteiger partial charge in [0.2, 0.25) is 0 Å². The summed E-state index contributed by atoms with van der Waals surface area (Å²) in [7, 11) is 0. The molecule has 0 fully saturated rings. The van der Waals surface area contributed by atoms with Crippen LogP contribution >= 0.6 is 0 Å². The Hall–Kier alpha value is -2.89. The molecule has 0 aliphatic rings. The van der Waals surface area contributed by atoms with Crippen molar-refractivity contribution >= 4 is 23.2 Å². The van der Waals surface area contributed by atoms with Gasteiger partial charge in [0.25, 0.3) is 11.8 Å². The third-order valence-corrected chi connectivity index (χ3v) is 2.77. The average Bonchev–Trinajstić information content (AvgIpc) is 2.48. The molecule has 1 aromatic heterocycles. The van der Waals surface area contributed by atoms with Gasteiger partial charge in [-0.05, 0) is 37.3 Å². The normalized spacial score (nSPS) is 9.95. The lowest BCUT2D eigenvalue weighted by atomic mass is 10.2. The number of hydrogen-bond donors (Lipinski definition) is 3. The van der Waals surface area contributed by atoms with Crippen molar-refractivity contribution in [3.8, 4) is 0 Å². The molecule has 0 saturated heterocycles. The van der Waals surface area contributed by atoms with Gasteiger partial charge in [0.15, 0.2) is 5.69 Å². The van der Waals surface area contributed by atoms with E-state index in [1.165, 1.54) is 6.20 Å². The molecule has 0 radical (unpaired) electrons. The van der Waals surface area contributed by atoms with Crippen LogP contribution in [0.3, 0.4) is 0 Å². The number of nitrogen functional groups attached to an aromatic ring is 1. The zero-order chi connectivity index (χ0) is 15.2. The number of amides is 2. The molecule has 6 nitrogen and oxygen atoms in total. The number of nitrogens with zero attached hydrogens (tertiary/aromatic N) is 1. The molecule has 21 heavy (non-hydrogen) atoms. The molecule has 0 spiro atoms. The predicted octanol–water partition coefficient (Wildman–Crippen LogP) is 1.67. The Morgan fingerprint density at radius 2 is 2.00 bits per heavy atom. The van der Waals surface area contributed by atoms with Crippen molar-refractivity contribution in [3.63, 3.8) is 0 Å². The third kappa shape index (κ3) is 3.56. The van der Waals surface area contributed by atoms with E-state index in [0.717, 1.165) is 0 Å². The van der Waals surface area contributed by atoms with Crippen LogP contribution in [-0.4, -0.2) is 23.3 Å². The van der Waals surface area contributed by atoms with E-state index in [9.17, 15) is 9.59 Å². The summed E-state index contributed by atoms with van der Waals surface area (Å²) < 4.78 is 0. The van der Waals surface area contributed by atoms with Crippen LogP contribution in [0.4, 0.5) is 11.4 Å². The highest BCUT2D eigenvalue weighted by atomic mass is 16.2. The highest BCUT2D eigenvalue weighted by Gasteiger charge is 2.12. The number of nitrogens with one attached hydrogen (secondary N) is 2. The van der Waals surface area contributed by atoms with E-state index in [-0.39, 0.29) is 11.6 Å². The molecule has 2 rings (SSSR count). The van der Waals surface area contributed by atoms with Crippen LogP contribution in [0.25, 0.3) is 0 Å². The summed E-state index contributed by atoms with van der Waals surface area (Å²) in [5, 5.41) is 5.37. The quantitative estimate of drug-likeness (QED) is 0.795. The summed E-state index contributed by atoms with van der Waals surface area (Å²) in [6.45, 7) is 2.38. The Kier molecular flexibility index (Phi) is 4.50. The van der Waals surface area contributed by atoms with E-state index in [0.29, 0.717) is 23.5 Å². The number of aromatic nitrogens is 1. The monoisotopic (exact) mass is 284 g/mol. The number of pyridine rings is 1. The summed E-state index contributed by atoms with van der Waals surface area (Å²) in [5.41, 5.74) is 7.14. The Labute approximate surface area is 122 Å². The van der Waals surface area contributed by atoms with Crippen molar-refractivity contribution in [2.24, 2.45) is 0 Å². The van der Waals surface area contributed by atoms with Crippen LogP contribution in [0.15, 0.2) is 42.6 Å². The SMILES string of the molecule is CCNC(=O)c1cccc(NC(=O)c2ncccc2N)c1. The Balaban J connectivity index is 2.17. The van der Waals surface area contributed by atoms with Crippen LogP contribution in [0, 0.1) is 0 Å². The molecule has 0 saturated carbocycles. The van der Waals surface area contributed by atoms with Crippen LogP contribution < -0.4 is 16.4 Å². The second kappa shape index (κ2) is 6.51. The highest BCUT2D eigenvalue weighted by Crippen LogP contribution is 2.14. The molecule has 108 valence electrons. The maximum absolute atomic E-state index is 12.1. The van der Waals surface area contributed by atoms with Crippen LogP contribution in [0.5, 0.6) is 0 Å². The topological polar surface area (TPSA) is 97.1 Å². The van der Waals surface area contributed by atoms with Gasteiger partial charge in [-0.1, -0.05) is 6.07 Å². The predicted molar refractivity (Wildman–Crippen MR) is 81.1 cm³/mol. The molecule has 0 unspecified atom stereocenters. The molecule has 1 aromatic carbocycles. The molecule has 0 aliphatic carbocycles. The van der Waals surface area contributed by atoms with Gasteiger partial charge in [-0.15, -0.1) is 0 Å². The minimum absolute atomic E-state index is 0.154. The number of nitrogens with two attached hydrogens (primary N) is 1. The molecule has 0 aliphatic heterocycles. The summed E-state index contributed by atoms with van der Waals surface area (Å²) in [5.74, 6) is -0.605. The summed E-state index contributed by atoms with van der Waals surface area (Å²) in [4.78, 5) is 27.8.